The van der Waals surface area contributed by atoms with E-state index in [4.69, 9.17) is 8.83 Å². The number of carbonyl (C=O) groups is 2. The number of furan rings is 2. The van der Waals surface area contributed by atoms with Gasteiger partial charge in [0.05, 0.1) is 0 Å². The van der Waals surface area contributed by atoms with Crippen LogP contribution in [0.25, 0.3) is 0 Å². The summed E-state index contributed by atoms with van der Waals surface area (Å²) >= 11 is 0. The summed E-state index contributed by atoms with van der Waals surface area (Å²) in [5, 5.41) is 19.5. The first kappa shape index (κ1) is 14.2. The van der Waals surface area contributed by atoms with E-state index in [0.717, 1.165) is 0 Å². The lowest BCUT2D eigenvalue weighted by Crippen LogP contribution is -2.27. The van der Waals surface area contributed by atoms with Gasteiger partial charge < -0.3 is 19.0 Å². The predicted octanol–water partition coefficient (Wildman–Crippen LogP) is 1.39. The molecule has 0 radical (unpaired) electrons. The van der Waals surface area contributed by atoms with Crippen molar-refractivity contribution >= 4 is 11.6 Å². The molecule has 0 amide bonds. The summed E-state index contributed by atoms with van der Waals surface area (Å²) in [6.45, 7) is 3.28. The van der Waals surface area contributed by atoms with Gasteiger partial charge >= 0.3 is 0 Å². The van der Waals surface area contributed by atoms with Crippen molar-refractivity contribution in [2.24, 2.45) is 0 Å². The Labute approximate surface area is 114 Å². The summed E-state index contributed by atoms with van der Waals surface area (Å²) in [5.41, 5.74) is 0. The molecule has 2 atom stereocenters. The van der Waals surface area contributed by atoms with Gasteiger partial charge in [0.2, 0.25) is 11.6 Å². The number of ketones is 2. The molecule has 0 saturated heterocycles. The molecule has 2 unspecified atom stereocenters. The van der Waals surface area contributed by atoms with Gasteiger partial charge in [-0.25, -0.2) is 0 Å². The Balaban J connectivity index is 2.14. The molecule has 0 aromatic carbocycles. The minimum absolute atomic E-state index is 0.0383. The molecule has 106 valence electrons. The molecule has 0 bridgehead atoms. The summed E-state index contributed by atoms with van der Waals surface area (Å²) in [6.07, 6.45) is -3.47. The van der Waals surface area contributed by atoms with E-state index in [2.05, 4.69) is 0 Å². The van der Waals surface area contributed by atoms with Gasteiger partial charge in [0.15, 0.2) is 12.2 Å². The van der Waals surface area contributed by atoms with E-state index in [9.17, 15) is 19.8 Å². The third-order valence-corrected chi connectivity index (χ3v) is 2.80. The van der Waals surface area contributed by atoms with Gasteiger partial charge in [-0.05, 0) is 38.1 Å². The van der Waals surface area contributed by atoms with Crippen molar-refractivity contribution in [3.05, 3.63) is 47.3 Å². The maximum Gasteiger partial charge on any atom is 0.237 e. The smallest absolute Gasteiger partial charge is 0.237 e. The molecule has 2 heterocycles. The van der Waals surface area contributed by atoms with Crippen molar-refractivity contribution in [1.82, 2.24) is 0 Å². The number of hydrogen-bond donors (Lipinski definition) is 2. The molecular weight excluding hydrogens is 264 g/mol. The summed E-state index contributed by atoms with van der Waals surface area (Å²) in [6, 6.07) is 5.91. The van der Waals surface area contributed by atoms with Crippen LogP contribution in [0.3, 0.4) is 0 Å². The predicted molar refractivity (Wildman–Crippen MR) is 66.8 cm³/mol. The molecule has 2 rings (SSSR count). The normalized spacial score (nSPS) is 14.0. The lowest BCUT2D eigenvalue weighted by atomic mass is 10.0. The first-order valence-electron chi connectivity index (χ1n) is 5.97. The number of Topliss-reactive ketones (excluding diaryl/α,β-unsaturated/α-hetero) is 2. The number of aliphatic hydroxyl groups excluding tert-OH is 2. The number of aliphatic hydroxyl groups is 2. The van der Waals surface area contributed by atoms with E-state index >= 15 is 0 Å². The van der Waals surface area contributed by atoms with Crippen LogP contribution >= 0.6 is 0 Å². The van der Waals surface area contributed by atoms with Gasteiger partial charge in [0.1, 0.15) is 23.0 Å². The molecule has 2 aromatic rings. The summed E-state index contributed by atoms with van der Waals surface area (Å²) in [5.74, 6) is -1.38. The van der Waals surface area contributed by atoms with E-state index in [-0.39, 0.29) is 11.5 Å². The summed E-state index contributed by atoms with van der Waals surface area (Å²) in [7, 11) is 0. The molecular formula is C14H14O6. The van der Waals surface area contributed by atoms with Crippen LogP contribution in [0.2, 0.25) is 0 Å². The molecule has 0 aliphatic rings. The average Bonchev–Trinajstić information content (AvgIpc) is 3.04. The molecule has 0 aliphatic carbocycles. The maximum absolute atomic E-state index is 11.8. The first-order chi connectivity index (χ1) is 9.40. The van der Waals surface area contributed by atoms with Crippen molar-refractivity contribution in [3.63, 3.8) is 0 Å². The van der Waals surface area contributed by atoms with Crippen LogP contribution in [0.5, 0.6) is 0 Å². The van der Waals surface area contributed by atoms with E-state index in [1.54, 1.807) is 26.0 Å². The second kappa shape index (κ2) is 5.44. The largest absolute Gasteiger partial charge is 0.463 e. The third-order valence-electron chi connectivity index (χ3n) is 2.80. The van der Waals surface area contributed by atoms with Crippen molar-refractivity contribution in [2.75, 3.05) is 0 Å². The van der Waals surface area contributed by atoms with Gasteiger partial charge in [-0.3, -0.25) is 9.59 Å². The number of aryl methyl sites for hydroxylation is 2. The number of hydrogen-bond acceptors (Lipinski definition) is 6. The zero-order valence-electron chi connectivity index (χ0n) is 11.0. The quantitative estimate of drug-likeness (QED) is 0.801. The van der Waals surface area contributed by atoms with Gasteiger partial charge in [-0.2, -0.15) is 0 Å². The first-order valence-corrected chi connectivity index (χ1v) is 5.97. The van der Waals surface area contributed by atoms with Gasteiger partial charge in [-0.15, -0.1) is 0 Å². The number of carbonyl (C=O) groups excluding carboxylic acids is 2. The second-order valence-electron chi connectivity index (χ2n) is 4.43. The third kappa shape index (κ3) is 2.71. The minimum atomic E-state index is -1.73. The van der Waals surface area contributed by atoms with Crippen molar-refractivity contribution in [1.29, 1.82) is 0 Å². The van der Waals surface area contributed by atoms with E-state index < -0.39 is 23.8 Å². The van der Waals surface area contributed by atoms with Crippen LogP contribution in [0.15, 0.2) is 33.1 Å². The molecule has 6 heteroatoms. The van der Waals surface area contributed by atoms with E-state index in [1.165, 1.54) is 12.1 Å². The standard InChI is InChI=1S/C14H14O6/c1-7-3-5-9(19-7)11(15)13(17)14(18)12(16)10-6-4-8(2)20-10/h3-6,11-12,15-16H,1-2H3. The van der Waals surface area contributed by atoms with Crippen molar-refractivity contribution in [3.8, 4) is 0 Å². The highest BCUT2D eigenvalue weighted by Gasteiger charge is 2.33. The van der Waals surface area contributed by atoms with E-state index in [1.807, 2.05) is 0 Å². The Morgan fingerprint density at radius 2 is 1.20 bits per heavy atom. The average molecular weight is 278 g/mol. The van der Waals surface area contributed by atoms with Crippen molar-refractivity contribution in [2.45, 2.75) is 26.1 Å². The van der Waals surface area contributed by atoms with Crippen LogP contribution in [-0.2, 0) is 9.59 Å². The van der Waals surface area contributed by atoms with Crippen LogP contribution in [0.1, 0.15) is 35.2 Å². The Kier molecular flexibility index (Phi) is 3.87. The monoisotopic (exact) mass is 278 g/mol. The molecule has 6 nitrogen and oxygen atoms in total. The fourth-order valence-electron chi connectivity index (χ4n) is 1.73. The van der Waals surface area contributed by atoms with Gasteiger partial charge in [0.25, 0.3) is 0 Å². The molecule has 0 saturated carbocycles. The Hall–Kier alpha value is -2.18. The van der Waals surface area contributed by atoms with E-state index in [0.29, 0.717) is 11.5 Å². The lowest BCUT2D eigenvalue weighted by molar-refractivity contribution is -0.147. The Bertz CT molecular complexity index is 579. The zero-order valence-corrected chi connectivity index (χ0v) is 11.0. The highest BCUT2D eigenvalue weighted by Crippen LogP contribution is 2.22. The SMILES string of the molecule is Cc1ccc(C(O)C(=O)C(=O)C(O)c2ccc(C)o2)o1. The maximum atomic E-state index is 11.8. The lowest BCUT2D eigenvalue weighted by Gasteiger charge is -2.09. The molecule has 0 aliphatic heterocycles. The molecule has 0 spiro atoms. The molecule has 0 fully saturated rings. The second-order valence-corrected chi connectivity index (χ2v) is 4.43. The Morgan fingerprint density at radius 3 is 1.45 bits per heavy atom. The summed E-state index contributed by atoms with van der Waals surface area (Å²) < 4.78 is 10.2. The minimum Gasteiger partial charge on any atom is -0.463 e. The fourth-order valence-corrected chi connectivity index (χ4v) is 1.73. The molecule has 2 aromatic heterocycles. The van der Waals surface area contributed by atoms with Crippen LogP contribution in [0.4, 0.5) is 0 Å². The van der Waals surface area contributed by atoms with Gasteiger partial charge in [-0.1, -0.05) is 0 Å². The highest BCUT2D eigenvalue weighted by molar-refractivity contribution is 6.40. The Morgan fingerprint density at radius 1 is 0.850 bits per heavy atom. The zero-order chi connectivity index (χ0) is 14.9. The van der Waals surface area contributed by atoms with Crippen LogP contribution < -0.4 is 0 Å². The van der Waals surface area contributed by atoms with Crippen molar-refractivity contribution < 1.29 is 28.6 Å². The number of rotatable bonds is 5. The molecule has 2 N–H and O–H groups in total. The topological polar surface area (TPSA) is 101 Å². The van der Waals surface area contributed by atoms with Crippen LogP contribution in [-0.4, -0.2) is 21.8 Å². The fraction of sp³-hybridized carbons (Fsp3) is 0.286. The summed E-state index contributed by atoms with van der Waals surface area (Å²) in [4.78, 5) is 23.6. The highest BCUT2D eigenvalue weighted by atomic mass is 16.4. The van der Waals surface area contributed by atoms with Crippen LogP contribution in [0, 0.1) is 13.8 Å². The van der Waals surface area contributed by atoms with Gasteiger partial charge in [0, 0.05) is 0 Å². The molecule has 20 heavy (non-hydrogen) atoms.